The van der Waals surface area contributed by atoms with Gasteiger partial charge in [-0.2, -0.15) is 0 Å². The molecule has 1 aliphatic heterocycles. The first-order chi connectivity index (χ1) is 35.4. The number of hydrogen-bond acceptors (Lipinski definition) is 14. The third-order valence-corrected chi connectivity index (χ3v) is 12.5. The number of ether oxygens (including phenoxy) is 9. The van der Waals surface area contributed by atoms with Gasteiger partial charge in [0.25, 0.3) is 0 Å². The van der Waals surface area contributed by atoms with Crippen LogP contribution in [0.5, 0.6) is 34.5 Å². The van der Waals surface area contributed by atoms with Crippen molar-refractivity contribution in [1.82, 2.24) is 0 Å². The number of unbranched alkanes of at least 4 members (excludes halogenated alkanes) is 3. The second-order valence-corrected chi connectivity index (χ2v) is 17.8. The minimum atomic E-state index is -0.708. The van der Waals surface area contributed by atoms with Crippen LogP contribution in [0, 0.1) is 24.7 Å². The lowest BCUT2D eigenvalue weighted by Gasteiger charge is -2.40. The molecule has 0 unspecified atom stereocenters. The normalized spacial score (nSPS) is 12.7. The van der Waals surface area contributed by atoms with Crippen molar-refractivity contribution in [3.05, 3.63) is 149 Å². The van der Waals surface area contributed by atoms with Crippen molar-refractivity contribution < 1.29 is 61.8 Å². The Hall–Kier alpha value is -7.81. The second kappa shape index (κ2) is 25.5. The van der Waals surface area contributed by atoms with Crippen LogP contribution >= 0.6 is 0 Å². The zero-order valence-corrected chi connectivity index (χ0v) is 41.8. The van der Waals surface area contributed by atoms with Crippen LogP contribution in [0.2, 0.25) is 0 Å². The Morgan fingerprint density at radius 1 is 0.671 bits per heavy atom. The molecule has 0 saturated carbocycles. The molecule has 6 aromatic carbocycles. The SMILES string of the molecule is C=CC(=O)OCCCOc1ccc2cc(C(=O)Oc3ccc(/C=C/C(=O)Oc4cc(C=N)c(OC(=O)c5cc(C)c(OCCCCCCOCC6(CC)COC6)c(C)c5)c5ccccc45)cc3OC)ccc2c1. The fourth-order valence-corrected chi connectivity index (χ4v) is 8.25. The Kier molecular flexibility index (Phi) is 18.5. The first-order valence-electron chi connectivity index (χ1n) is 24.4. The highest BCUT2D eigenvalue weighted by Gasteiger charge is 2.37. The van der Waals surface area contributed by atoms with E-state index in [1.165, 1.54) is 25.3 Å². The average molecular weight is 992 g/mol. The predicted molar refractivity (Wildman–Crippen MR) is 279 cm³/mol. The summed E-state index contributed by atoms with van der Waals surface area (Å²) in [5, 5.41) is 10.8. The molecule has 0 radical (unpaired) electrons. The lowest BCUT2D eigenvalue weighted by atomic mass is 9.84. The van der Waals surface area contributed by atoms with Crippen molar-refractivity contribution in [3.8, 4) is 34.5 Å². The van der Waals surface area contributed by atoms with Crippen molar-refractivity contribution in [2.45, 2.75) is 59.3 Å². The Morgan fingerprint density at radius 2 is 1.38 bits per heavy atom. The van der Waals surface area contributed by atoms with Gasteiger partial charge in [-0.1, -0.05) is 62.4 Å². The first kappa shape index (κ1) is 53.0. The van der Waals surface area contributed by atoms with Crippen molar-refractivity contribution in [3.63, 3.8) is 0 Å². The van der Waals surface area contributed by atoms with Gasteiger partial charge in [0.15, 0.2) is 11.5 Å². The number of hydrogen-bond donors (Lipinski definition) is 1. The zero-order chi connectivity index (χ0) is 51.7. The van der Waals surface area contributed by atoms with Crippen LogP contribution in [0.25, 0.3) is 27.6 Å². The molecule has 0 aliphatic carbocycles. The van der Waals surface area contributed by atoms with E-state index in [4.69, 9.17) is 48.0 Å². The summed E-state index contributed by atoms with van der Waals surface area (Å²) < 4.78 is 51.3. The lowest BCUT2D eigenvalue weighted by molar-refractivity contribution is -0.150. The summed E-state index contributed by atoms with van der Waals surface area (Å²) >= 11 is 0. The molecule has 7 rings (SSSR count). The Labute approximate surface area is 425 Å². The van der Waals surface area contributed by atoms with E-state index in [0.29, 0.717) is 52.8 Å². The standard InChI is InChI=1S/C59H61NO13/c1-6-53(61)69-28-14-27-68-47-22-21-42-32-44(20-19-43(42)33-47)57(63)72-50-23-17-41(31-52(50)65-5)18-24-54(62)71-51-34-46(35-60)56(49-16-11-10-15-48(49)51)73-58(64)45-29-39(3)55(40(4)30-45)70-26-13-9-8-12-25-66-36-59(7-2)37-67-38-59/h6,10-11,15-24,29-35,60H,1,7-9,12-14,25-28,36-38H2,2-5H3/b24-18+,60-35?. The Bertz CT molecular complexity index is 2980. The van der Waals surface area contributed by atoms with E-state index in [-0.39, 0.29) is 40.6 Å². The second-order valence-electron chi connectivity index (χ2n) is 17.8. The average Bonchev–Trinajstić information content (AvgIpc) is 3.39. The maximum Gasteiger partial charge on any atom is 0.343 e. The van der Waals surface area contributed by atoms with Gasteiger partial charge in [-0.15, -0.1) is 0 Å². The third-order valence-electron chi connectivity index (χ3n) is 12.5. The summed E-state index contributed by atoms with van der Waals surface area (Å²) in [6, 6.07) is 27.4. The molecule has 0 amide bonds. The number of benzene rings is 6. The molecule has 380 valence electrons. The lowest BCUT2D eigenvalue weighted by Crippen LogP contribution is -2.45. The number of esters is 4. The summed E-state index contributed by atoms with van der Waals surface area (Å²) in [6.07, 6.45) is 10.5. The van der Waals surface area contributed by atoms with E-state index < -0.39 is 23.9 Å². The number of fused-ring (bicyclic) bond motifs is 2. The molecule has 1 heterocycles. The molecule has 1 N–H and O–H groups in total. The molecule has 0 aromatic heterocycles. The van der Waals surface area contributed by atoms with Crippen LogP contribution in [-0.4, -0.2) is 83.4 Å². The number of nitrogens with one attached hydrogen (secondary N) is 1. The summed E-state index contributed by atoms with van der Waals surface area (Å²) in [7, 11) is 1.44. The summed E-state index contributed by atoms with van der Waals surface area (Å²) in [4.78, 5) is 51.5. The number of carbonyl (C=O) groups excluding carboxylic acids is 4. The molecule has 0 spiro atoms. The van der Waals surface area contributed by atoms with Gasteiger partial charge in [0.05, 0.1) is 57.9 Å². The maximum atomic E-state index is 13.7. The number of methoxy groups -OCH3 is 1. The largest absolute Gasteiger partial charge is 0.493 e. The highest BCUT2D eigenvalue weighted by atomic mass is 16.6. The highest BCUT2D eigenvalue weighted by Crippen LogP contribution is 2.38. The Balaban J connectivity index is 0.925. The van der Waals surface area contributed by atoms with Gasteiger partial charge in [-0.25, -0.2) is 19.2 Å². The molecular formula is C59H61NO13. The quantitative estimate of drug-likeness (QED) is 0.0179. The first-order valence-corrected chi connectivity index (χ1v) is 24.4. The minimum Gasteiger partial charge on any atom is -0.493 e. The van der Waals surface area contributed by atoms with Gasteiger partial charge in [0.2, 0.25) is 0 Å². The van der Waals surface area contributed by atoms with Crippen LogP contribution in [0.15, 0.2) is 116 Å². The van der Waals surface area contributed by atoms with Gasteiger partial charge in [0, 0.05) is 53.1 Å². The molecule has 6 aromatic rings. The number of rotatable bonds is 26. The topological polar surface area (TPSA) is 175 Å². The van der Waals surface area contributed by atoms with Crippen LogP contribution in [-0.2, 0) is 23.8 Å². The molecular weight excluding hydrogens is 931 g/mol. The molecule has 0 atom stereocenters. The summed E-state index contributed by atoms with van der Waals surface area (Å²) in [5.41, 5.74) is 3.25. The molecule has 14 nitrogen and oxygen atoms in total. The van der Waals surface area contributed by atoms with Gasteiger partial charge in [-0.3, -0.25) is 0 Å². The monoisotopic (exact) mass is 991 g/mol. The molecule has 1 aliphatic rings. The van der Waals surface area contributed by atoms with Gasteiger partial charge >= 0.3 is 23.9 Å². The summed E-state index contributed by atoms with van der Waals surface area (Å²) in [5.74, 6) is -0.280. The van der Waals surface area contributed by atoms with Crippen LogP contribution in [0.3, 0.4) is 0 Å². The number of aryl methyl sites for hydroxylation is 2. The fraction of sp³-hybridized carbons (Fsp3) is 0.305. The van der Waals surface area contributed by atoms with E-state index in [9.17, 15) is 19.2 Å². The van der Waals surface area contributed by atoms with E-state index >= 15 is 0 Å². The van der Waals surface area contributed by atoms with Gasteiger partial charge in [-0.05, 0) is 128 Å². The third kappa shape index (κ3) is 14.0. The molecule has 73 heavy (non-hydrogen) atoms. The van der Waals surface area contributed by atoms with Gasteiger partial charge in [0.1, 0.15) is 23.0 Å². The highest BCUT2D eigenvalue weighted by molar-refractivity contribution is 6.05. The molecule has 1 fully saturated rings. The van der Waals surface area contributed by atoms with E-state index in [1.54, 1.807) is 78.9 Å². The maximum absolute atomic E-state index is 13.7. The van der Waals surface area contributed by atoms with Crippen LogP contribution < -0.4 is 28.4 Å². The molecule has 0 bridgehead atoms. The fourth-order valence-electron chi connectivity index (χ4n) is 8.25. The van der Waals surface area contributed by atoms with E-state index in [0.717, 1.165) is 98.5 Å². The van der Waals surface area contributed by atoms with Crippen LogP contribution in [0.1, 0.15) is 88.4 Å². The van der Waals surface area contributed by atoms with Crippen molar-refractivity contribution >= 4 is 57.7 Å². The summed E-state index contributed by atoms with van der Waals surface area (Å²) in [6.45, 7) is 13.6. The Morgan fingerprint density at radius 3 is 2.10 bits per heavy atom. The van der Waals surface area contributed by atoms with Crippen LogP contribution in [0.4, 0.5) is 0 Å². The van der Waals surface area contributed by atoms with E-state index in [2.05, 4.69) is 13.5 Å². The molecule has 1 saturated heterocycles. The molecule has 14 heteroatoms. The smallest absolute Gasteiger partial charge is 0.343 e. The van der Waals surface area contributed by atoms with E-state index in [1.807, 2.05) is 26.0 Å². The minimum absolute atomic E-state index is 0.154. The van der Waals surface area contributed by atoms with Crippen molar-refractivity contribution in [1.29, 1.82) is 5.41 Å². The zero-order valence-electron chi connectivity index (χ0n) is 41.8. The van der Waals surface area contributed by atoms with Crippen molar-refractivity contribution in [2.75, 3.05) is 53.4 Å². The number of carbonyl (C=O) groups is 4. The predicted octanol–water partition coefficient (Wildman–Crippen LogP) is 11.6. The van der Waals surface area contributed by atoms with Gasteiger partial charge < -0.3 is 48.0 Å². The van der Waals surface area contributed by atoms with Crippen molar-refractivity contribution in [2.24, 2.45) is 5.41 Å².